The second-order valence-corrected chi connectivity index (χ2v) is 5.10. The molecule has 19 heavy (non-hydrogen) atoms. The minimum Gasteiger partial charge on any atom is -0.338 e. The highest BCUT2D eigenvalue weighted by atomic mass is 15.0. The van der Waals surface area contributed by atoms with Gasteiger partial charge in [-0.2, -0.15) is 0 Å². The Kier molecular flexibility index (Phi) is 4.74. The van der Waals surface area contributed by atoms with Crippen molar-refractivity contribution in [1.82, 2.24) is 14.9 Å². The van der Waals surface area contributed by atoms with Crippen LogP contribution in [0, 0.1) is 6.92 Å². The van der Waals surface area contributed by atoms with Crippen LogP contribution in [0.3, 0.4) is 0 Å². The average Bonchev–Trinajstić information content (AvgIpc) is 2.78. The lowest BCUT2D eigenvalue weighted by molar-refractivity contribution is 0.504. The topological polar surface area (TPSA) is 29.9 Å². The van der Waals surface area contributed by atoms with Crippen molar-refractivity contribution in [3.05, 3.63) is 53.6 Å². The monoisotopic (exact) mass is 257 g/mol. The van der Waals surface area contributed by atoms with Crippen LogP contribution < -0.4 is 5.32 Å². The average molecular weight is 257 g/mol. The molecule has 0 aliphatic carbocycles. The maximum atomic E-state index is 4.42. The van der Waals surface area contributed by atoms with Crippen LogP contribution in [0.4, 0.5) is 0 Å². The van der Waals surface area contributed by atoms with Gasteiger partial charge in [-0.25, -0.2) is 4.98 Å². The van der Waals surface area contributed by atoms with E-state index in [1.165, 1.54) is 11.1 Å². The van der Waals surface area contributed by atoms with Gasteiger partial charge >= 0.3 is 0 Å². The summed E-state index contributed by atoms with van der Waals surface area (Å²) in [5.41, 5.74) is 2.69. The summed E-state index contributed by atoms with van der Waals surface area (Å²) in [6.45, 7) is 5.26. The van der Waals surface area contributed by atoms with Gasteiger partial charge in [-0.1, -0.05) is 36.8 Å². The lowest BCUT2D eigenvalue weighted by atomic mass is 10.0. The molecule has 0 radical (unpaired) electrons. The molecule has 0 saturated carbocycles. The molecule has 1 aromatic carbocycles. The summed E-state index contributed by atoms with van der Waals surface area (Å²) in [7, 11) is 2.05. The summed E-state index contributed by atoms with van der Waals surface area (Å²) in [6.07, 6.45) is 5.88. The first-order valence-corrected chi connectivity index (χ1v) is 6.94. The van der Waals surface area contributed by atoms with Crippen molar-refractivity contribution in [1.29, 1.82) is 0 Å². The number of benzene rings is 1. The fourth-order valence-electron chi connectivity index (χ4n) is 2.33. The number of imidazole rings is 1. The van der Waals surface area contributed by atoms with Crippen LogP contribution in [-0.2, 0) is 19.9 Å². The number of hydrogen-bond acceptors (Lipinski definition) is 2. The quantitative estimate of drug-likeness (QED) is 0.861. The van der Waals surface area contributed by atoms with E-state index in [0.29, 0.717) is 6.04 Å². The SMILES string of the molecule is CCNC(Cc1ccc(C)cc1)Cc1nccn1C. The molecule has 1 aromatic heterocycles. The van der Waals surface area contributed by atoms with Crippen molar-refractivity contribution in [3.8, 4) is 0 Å². The molecule has 0 fully saturated rings. The Morgan fingerprint density at radius 2 is 1.95 bits per heavy atom. The molecule has 1 unspecified atom stereocenters. The molecule has 0 amide bonds. The van der Waals surface area contributed by atoms with E-state index in [1.807, 2.05) is 12.4 Å². The smallest absolute Gasteiger partial charge is 0.109 e. The van der Waals surface area contributed by atoms with Crippen LogP contribution in [-0.4, -0.2) is 22.1 Å². The van der Waals surface area contributed by atoms with Gasteiger partial charge in [0.15, 0.2) is 0 Å². The zero-order valence-electron chi connectivity index (χ0n) is 12.1. The molecular weight excluding hydrogens is 234 g/mol. The Hall–Kier alpha value is -1.61. The molecule has 0 saturated heterocycles. The molecule has 1 N–H and O–H groups in total. The van der Waals surface area contributed by atoms with E-state index in [1.54, 1.807) is 0 Å². The van der Waals surface area contributed by atoms with Gasteiger partial charge in [-0.15, -0.1) is 0 Å². The third kappa shape index (κ3) is 3.93. The summed E-state index contributed by atoms with van der Waals surface area (Å²) < 4.78 is 2.10. The molecule has 1 heterocycles. The summed E-state index contributed by atoms with van der Waals surface area (Å²) >= 11 is 0. The standard InChI is InChI=1S/C16H23N3/c1-4-17-15(12-16-18-9-10-19(16)3)11-14-7-5-13(2)6-8-14/h5-10,15,17H,4,11-12H2,1-3H3. The number of aryl methyl sites for hydroxylation is 2. The fourth-order valence-corrected chi connectivity index (χ4v) is 2.33. The van der Waals surface area contributed by atoms with Crippen molar-refractivity contribution in [3.63, 3.8) is 0 Å². The Balaban J connectivity index is 2.03. The first-order chi connectivity index (χ1) is 9.19. The fraction of sp³-hybridized carbons (Fsp3) is 0.438. The lowest BCUT2D eigenvalue weighted by Crippen LogP contribution is -2.33. The number of nitrogens with one attached hydrogen (secondary N) is 1. The third-order valence-corrected chi connectivity index (χ3v) is 3.45. The Bertz CT molecular complexity index is 499. The highest BCUT2D eigenvalue weighted by Gasteiger charge is 2.12. The Morgan fingerprint density at radius 3 is 2.53 bits per heavy atom. The van der Waals surface area contributed by atoms with Crippen LogP contribution in [0.5, 0.6) is 0 Å². The molecule has 0 bridgehead atoms. The number of aromatic nitrogens is 2. The molecule has 102 valence electrons. The predicted molar refractivity (Wildman–Crippen MR) is 79.3 cm³/mol. The van der Waals surface area contributed by atoms with Crippen LogP contribution >= 0.6 is 0 Å². The van der Waals surface area contributed by atoms with E-state index in [2.05, 4.69) is 60.0 Å². The molecule has 0 aliphatic rings. The number of rotatable bonds is 6. The van der Waals surface area contributed by atoms with Gasteiger partial charge in [-0.05, 0) is 25.5 Å². The molecule has 1 atom stereocenters. The largest absolute Gasteiger partial charge is 0.338 e. The molecule has 2 aromatic rings. The first-order valence-electron chi connectivity index (χ1n) is 6.94. The van der Waals surface area contributed by atoms with Crippen LogP contribution in [0.1, 0.15) is 23.9 Å². The van der Waals surface area contributed by atoms with Crippen molar-refractivity contribution in [2.24, 2.45) is 7.05 Å². The maximum Gasteiger partial charge on any atom is 0.109 e. The number of nitrogens with zero attached hydrogens (tertiary/aromatic N) is 2. The highest BCUT2D eigenvalue weighted by Crippen LogP contribution is 2.09. The van der Waals surface area contributed by atoms with E-state index in [-0.39, 0.29) is 0 Å². The zero-order valence-corrected chi connectivity index (χ0v) is 12.1. The summed E-state index contributed by atoms with van der Waals surface area (Å²) in [6, 6.07) is 9.24. The Labute approximate surface area is 115 Å². The molecule has 3 nitrogen and oxygen atoms in total. The van der Waals surface area contributed by atoms with Gasteiger partial charge < -0.3 is 9.88 Å². The van der Waals surface area contributed by atoms with E-state index >= 15 is 0 Å². The second-order valence-electron chi connectivity index (χ2n) is 5.10. The van der Waals surface area contributed by atoms with Crippen LogP contribution in [0.15, 0.2) is 36.7 Å². The van der Waals surface area contributed by atoms with E-state index in [0.717, 1.165) is 25.2 Å². The van der Waals surface area contributed by atoms with Crippen molar-refractivity contribution >= 4 is 0 Å². The zero-order chi connectivity index (χ0) is 13.7. The van der Waals surface area contributed by atoms with Gasteiger partial charge in [0, 0.05) is 31.9 Å². The van der Waals surface area contributed by atoms with Gasteiger partial charge in [0.2, 0.25) is 0 Å². The normalized spacial score (nSPS) is 12.6. The molecule has 0 aliphatic heterocycles. The van der Waals surface area contributed by atoms with Crippen LogP contribution in [0.25, 0.3) is 0 Å². The predicted octanol–water partition coefficient (Wildman–Crippen LogP) is 2.49. The minimum atomic E-state index is 0.439. The van der Waals surface area contributed by atoms with E-state index < -0.39 is 0 Å². The molecule has 3 heteroatoms. The van der Waals surface area contributed by atoms with Crippen molar-refractivity contribution in [2.45, 2.75) is 32.7 Å². The van der Waals surface area contributed by atoms with Crippen LogP contribution in [0.2, 0.25) is 0 Å². The molecule has 2 rings (SSSR count). The number of likely N-dealkylation sites (N-methyl/N-ethyl adjacent to an activating group) is 1. The number of hydrogen-bond donors (Lipinski definition) is 1. The second kappa shape index (κ2) is 6.53. The van der Waals surface area contributed by atoms with E-state index in [4.69, 9.17) is 0 Å². The molecular formula is C16H23N3. The highest BCUT2D eigenvalue weighted by molar-refractivity contribution is 5.22. The Morgan fingerprint density at radius 1 is 1.21 bits per heavy atom. The molecule has 0 spiro atoms. The third-order valence-electron chi connectivity index (χ3n) is 3.45. The summed E-state index contributed by atoms with van der Waals surface area (Å²) in [5.74, 6) is 1.14. The summed E-state index contributed by atoms with van der Waals surface area (Å²) in [4.78, 5) is 4.42. The van der Waals surface area contributed by atoms with E-state index in [9.17, 15) is 0 Å². The minimum absolute atomic E-state index is 0.439. The first kappa shape index (κ1) is 13.8. The van der Waals surface area contributed by atoms with Crippen molar-refractivity contribution < 1.29 is 0 Å². The van der Waals surface area contributed by atoms with Gasteiger partial charge in [-0.3, -0.25) is 0 Å². The van der Waals surface area contributed by atoms with Gasteiger partial charge in [0.25, 0.3) is 0 Å². The maximum absolute atomic E-state index is 4.42. The van der Waals surface area contributed by atoms with Gasteiger partial charge in [0.05, 0.1) is 0 Å². The van der Waals surface area contributed by atoms with Gasteiger partial charge in [0.1, 0.15) is 5.82 Å². The summed E-state index contributed by atoms with van der Waals surface area (Å²) in [5, 5.41) is 3.56. The lowest BCUT2D eigenvalue weighted by Gasteiger charge is -2.18. The van der Waals surface area contributed by atoms with Crippen molar-refractivity contribution in [2.75, 3.05) is 6.54 Å².